The van der Waals surface area contributed by atoms with Crippen LogP contribution in [0.1, 0.15) is 36.3 Å². The van der Waals surface area contributed by atoms with Gasteiger partial charge in [-0.1, -0.05) is 13.0 Å². The first-order valence-electron chi connectivity index (χ1n) is 7.29. The Morgan fingerprint density at radius 2 is 2.09 bits per heavy atom. The second-order valence-corrected chi connectivity index (χ2v) is 6.18. The van der Waals surface area contributed by atoms with E-state index in [9.17, 15) is 4.79 Å². The maximum Gasteiger partial charge on any atom is 0.274 e. The summed E-state index contributed by atoms with van der Waals surface area (Å²) in [6.45, 7) is 6.23. The molecule has 0 spiro atoms. The molecule has 22 heavy (non-hydrogen) atoms. The molecule has 0 aliphatic rings. The highest BCUT2D eigenvalue weighted by atomic mass is 79.9. The average molecular weight is 362 g/mol. The Kier molecular flexibility index (Phi) is 5.55. The van der Waals surface area contributed by atoms with Crippen molar-refractivity contribution in [1.29, 1.82) is 0 Å². The van der Waals surface area contributed by atoms with Crippen molar-refractivity contribution in [3.63, 3.8) is 0 Å². The van der Waals surface area contributed by atoms with Gasteiger partial charge in [0.2, 0.25) is 0 Å². The monoisotopic (exact) mass is 361 g/mol. The van der Waals surface area contributed by atoms with Crippen LogP contribution in [0.2, 0.25) is 0 Å². The number of halogens is 1. The third kappa shape index (κ3) is 4.31. The van der Waals surface area contributed by atoms with Crippen LogP contribution in [0.25, 0.3) is 0 Å². The van der Waals surface area contributed by atoms with Crippen molar-refractivity contribution in [3.05, 3.63) is 52.3 Å². The summed E-state index contributed by atoms with van der Waals surface area (Å²) in [5.74, 6) is -0.223. The highest BCUT2D eigenvalue weighted by Gasteiger charge is 2.10. The van der Waals surface area contributed by atoms with Crippen LogP contribution in [-0.4, -0.2) is 16.9 Å². The minimum atomic E-state index is -0.223. The largest absolute Gasteiger partial charge is 0.381 e. The first kappa shape index (κ1) is 16.5. The number of carbonyl (C=O) groups is 1. The number of hydrogen-bond donors (Lipinski definition) is 2. The predicted octanol–water partition coefficient (Wildman–Crippen LogP) is 4.62. The van der Waals surface area contributed by atoms with Gasteiger partial charge in [-0.05, 0) is 66.0 Å². The highest BCUT2D eigenvalue weighted by Crippen LogP contribution is 2.23. The van der Waals surface area contributed by atoms with Gasteiger partial charge in [-0.15, -0.1) is 0 Å². The molecule has 1 unspecified atom stereocenters. The molecular weight excluding hydrogens is 342 g/mol. The quantitative estimate of drug-likeness (QED) is 0.816. The van der Waals surface area contributed by atoms with Gasteiger partial charge in [0.1, 0.15) is 5.69 Å². The number of nitrogens with one attached hydrogen (secondary N) is 2. The Morgan fingerprint density at radius 3 is 2.68 bits per heavy atom. The summed E-state index contributed by atoms with van der Waals surface area (Å²) < 4.78 is 0.857. The maximum absolute atomic E-state index is 12.2. The number of pyridine rings is 1. The predicted molar refractivity (Wildman–Crippen MR) is 94.4 cm³/mol. The van der Waals surface area contributed by atoms with Gasteiger partial charge in [0, 0.05) is 10.5 Å². The van der Waals surface area contributed by atoms with Gasteiger partial charge < -0.3 is 10.6 Å². The highest BCUT2D eigenvalue weighted by molar-refractivity contribution is 9.10. The lowest BCUT2D eigenvalue weighted by Gasteiger charge is -2.13. The summed E-state index contributed by atoms with van der Waals surface area (Å²) in [6, 6.07) is 9.76. The molecule has 1 atom stereocenters. The SMILES string of the molecule is CCC(C)Nc1ccc(C(=O)Nc2ccc(C)cc2Br)nc1. The number of aromatic nitrogens is 1. The summed E-state index contributed by atoms with van der Waals surface area (Å²) in [5.41, 5.74) is 3.17. The number of carbonyl (C=O) groups excluding carboxylic acids is 1. The standard InChI is InChI=1S/C17H20BrN3O/c1-4-12(3)20-13-6-8-16(19-10-13)17(22)21-15-7-5-11(2)9-14(15)18/h5-10,12,20H,4H2,1-3H3,(H,21,22). The molecule has 116 valence electrons. The molecule has 5 heteroatoms. The zero-order valence-electron chi connectivity index (χ0n) is 13.0. The van der Waals surface area contributed by atoms with Crippen LogP contribution in [0.4, 0.5) is 11.4 Å². The van der Waals surface area contributed by atoms with Gasteiger partial charge in [-0.2, -0.15) is 0 Å². The van der Waals surface area contributed by atoms with Gasteiger partial charge in [0.05, 0.1) is 17.6 Å². The molecule has 1 amide bonds. The van der Waals surface area contributed by atoms with Crippen molar-refractivity contribution in [1.82, 2.24) is 4.98 Å². The van der Waals surface area contributed by atoms with Crippen molar-refractivity contribution in [3.8, 4) is 0 Å². The summed E-state index contributed by atoms with van der Waals surface area (Å²) in [7, 11) is 0. The molecule has 1 heterocycles. The van der Waals surface area contributed by atoms with Gasteiger partial charge in [0.25, 0.3) is 5.91 Å². The van der Waals surface area contributed by atoms with Crippen molar-refractivity contribution in [2.45, 2.75) is 33.2 Å². The van der Waals surface area contributed by atoms with Gasteiger partial charge in [-0.3, -0.25) is 4.79 Å². The Labute approximate surface area is 139 Å². The molecule has 0 bridgehead atoms. The van der Waals surface area contributed by atoms with Gasteiger partial charge in [-0.25, -0.2) is 4.98 Å². The number of rotatable bonds is 5. The number of hydrogen-bond acceptors (Lipinski definition) is 3. The number of amides is 1. The Hall–Kier alpha value is -1.88. The third-order valence-corrected chi connectivity index (χ3v) is 4.05. The molecule has 4 nitrogen and oxygen atoms in total. The molecule has 0 aliphatic heterocycles. The van der Waals surface area contributed by atoms with Crippen LogP contribution in [0.5, 0.6) is 0 Å². The van der Waals surface area contributed by atoms with Crippen LogP contribution < -0.4 is 10.6 Å². The topological polar surface area (TPSA) is 54.0 Å². The summed E-state index contributed by atoms with van der Waals surface area (Å²) in [4.78, 5) is 16.4. The molecule has 0 aliphatic carbocycles. The van der Waals surface area contributed by atoms with Crippen LogP contribution in [0.3, 0.4) is 0 Å². The smallest absolute Gasteiger partial charge is 0.274 e. The van der Waals surface area contributed by atoms with Gasteiger partial charge in [0.15, 0.2) is 0 Å². The van der Waals surface area contributed by atoms with E-state index in [0.717, 1.165) is 27.8 Å². The Morgan fingerprint density at radius 1 is 1.32 bits per heavy atom. The minimum Gasteiger partial charge on any atom is -0.381 e. The van der Waals surface area contributed by atoms with Crippen molar-refractivity contribution in [2.24, 2.45) is 0 Å². The Bertz CT molecular complexity index is 655. The van der Waals surface area contributed by atoms with Crippen molar-refractivity contribution in [2.75, 3.05) is 10.6 Å². The lowest BCUT2D eigenvalue weighted by molar-refractivity contribution is 0.102. The fourth-order valence-corrected chi connectivity index (χ4v) is 2.50. The van der Waals surface area contributed by atoms with Crippen molar-refractivity contribution < 1.29 is 4.79 Å². The lowest BCUT2D eigenvalue weighted by atomic mass is 10.2. The van der Waals surface area contributed by atoms with Crippen LogP contribution in [0.15, 0.2) is 41.0 Å². The summed E-state index contributed by atoms with van der Waals surface area (Å²) in [5, 5.41) is 6.18. The molecule has 1 aromatic carbocycles. The number of nitrogens with zero attached hydrogens (tertiary/aromatic N) is 1. The average Bonchev–Trinajstić information content (AvgIpc) is 2.50. The van der Waals surface area contributed by atoms with E-state index < -0.39 is 0 Å². The van der Waals surface area contributed by atoms with E-state index >= 15 is 0 Å². The van der Waals surface area contributed by atoms with E-state index in [0.29, 0.717) is 11.7 Å². The molecule has 0 saturated carbocycles. The van der Waals surface area contributed by atoms with Crippen LogP contribution >= 0.6 is 15.9 Å². The van der Waals surface area contributed by atoms with E-state index in [2.05, 4.69) is 45.4 Å². The number of aryl methyl sites for hydroxylation is 1. The summed E-state index contributed by atoms with van der Waals surface area (Å²) in [6.07, 6.45) is 2.72. The number of anilines is 2. The minimum absolute atomic E-state index is 0.223. The molecule has 0 saturated heterocycles. The summed E-state index contributed by atoms with van der Waals surface area (Å²) >= 11 is 3.45. The third-order valence-electron chi connectivity index (χ3n) is 3.39. The first-order valence-corrected chi connectivity index (χ1v) is 8.09. The molecule has 1 aromatic heterocycles. The normalized spacial score (nSPS) is 11.8. The second kappa shape index (κ2) is 7.40. The zero-order valence-corrected chi connectivity index (χ0v) is 14.6. The maximum atomic E-state index is 12.2. The molecular formula is C17H20BrN3O. The zero-order chi connectivity index (χ0) is 16.1. The van der Waals surface area contributed by atoms with E-state index in [1.165, 1.54) is 0 Å². The van der Waals surface area contributed by atoms with Gasteiger partial charge >= 0.3 is 0 Å². The molecule has 0 fully saturated rings. The fraction of sp³-hybridized carbons (Fsp3) is 0.294. The van der Waals surface area contributed by atoms with Crippen molar-refractivity contribution >= 4 is 33.2 Å². The Balaban J connectivity index is 2.06. The fourth-order valence-electron chi connectivity index (χ4n) is 1.91. The number of benzene rings is 1. The van der Waals surface area contributed by atoms with Crippen LogP contribution in [0, 0.1) is 6.92 Å². The van der Waals surface area contributed by atoms with E-state index in [1.54, 1.807) is 12.3 Å². The molecule has 2 N–H and O–H groups in total. The second-order valence-electron chi connectivity index (χ2n) is 5.32. The van der Waals surface area contributed by atoms with Crippen LogP contribution in [-0.2, 0) is 0 Å². The molecule has 0 radical (unpaired) electrons. The van der Waals surface area contributed by atoms with E-state index in [4.69, 9.17) is 0 Å². The first-order chi connectivity index (χ1) is 10.5. The van der Waals surface area contributed by atoms with E-state index in [1.807, 2.05) is 31.2 Å². The molecule has 2 rings (SSSR count). The molecule has 2 aromatic rings. The van der Waals surface area contributed by atoms with E-state index in [-0.39, 0.29) is 5.91 Å². The lowest BCUT2D eigenvalue weighted by Crippen LogP contribution is -2.16.